The molecule has 10 nitrogen and oxygen atoms in total. The van der Waals surface area contributed by atoms with Crippen molar-refractivity contribution in [1.82, 2.24) is 24.7 Å². The number of hydrogen-bond acceptors (Lipinski definition) is 7. The third-order valence-corrected chi connectivity index (χ3v) is 8.71. The molecule has 1 fully saturated rings. The molecule has 10 heteroatoms. The third kappa shape index (κ3) is 7.23. The van der Waals surface area contributed by atoms with Crippen molar-refractivity contribution >= 4 is 39.9 Å². The van der Waals surface area contributed by atoms with Crippen LogP contribution in [0.25, 0.3) is 16.5 Å². The molecule has 1 aliphatic carbocycles. The monoisotopic (exact) mass is 652 g/mol. The van der Waals surface area contributed by atoms with Crippen LogP contribution in [0.4, 0.5) is 27.9 Å². The van der Waals surface area contributed by atoms with Gasteiger partial charge in [-0.05, 0) is 79.8 Å². The van der Waals surface area contributed by atoms with E-state index in [-0.39, 0.29) is 11.4 Å². The minimum Gasteiger partial charge on any atom is -0.488 e. The SMILES string of the molecule is Cc1ccc(-n2nc(C(C)(C)C)cc2NC(=O)Nc2ccc(OCc3ccnc(Nc4cncc(C5CC5)n4)c3)c3ccccc23)cc1C. The molecule has 1 aliphatic rings. The van der Waals surface area contributed by atoms with Gasteiger partial charge >= 0.3 is 6.03 Å². The molecular weight excluding hydrogens is 612 g/mol. The van der Waals surface area contributed by atoms with Gasteiger partial charge in [-0.15, -0.1) is 0 Å². The number of benzene rings is 3. The number of rotatable bonds is 9. The lowest BCUT2D eigenvalue weighted by Gasteiger charge is -2.15. The molecule has 0 bridgehead atoms. The van der Waals surface area contributed by atoms with Gasteiger partial charge in [0.1, 0.15) is 29.8 Å². The molecule has 0 saturated heterocycles. The van der Waals surface area contributed by atoms with Gasteiger partial charge in [0.25, 0.3) is 0 Å². The van der Waals surface area contributed by atoms with Crippen LogP contribution in [-0.4, -0.2) is 30.8 Å². The van der Waals surface area contributed by atoms with Crippen molar-refractivity contribution in [2.24, 2.45) is 0 Å². The van der Waals surface area contributed by atoms with Gasteiger partial charge in [0.05, 0.1) is 29.0 Å². The van der Waals surface area contributed by atoms with Crippen molar-refractivity contribution in [3.05, 3.63) is 119 Å². The Morgan fingerprint density at radius 2 is 1.71 bits per heavy atom. The molecular formula is C39H40N8O2. The fraction of sp³-hybridized carbons (Fsp3) is 0.256. The molecule has 3 heterocycles. The van der Waals surface area contributed by atoms with Gasteiger partial charge in [0.15, 0.2) is 0 Å². The van der Waals surface area contributed by atoms with Gasteiger partial charge < -0.3 is 15.4 Å². The molecule has 3 aromatic heterocycles. The molecule has 0 atom stereocenters. The van der Waals surface area contributed by atoms with E-state index in [9.17, 15) is 4.79 Å². The van der Waals surface area contributed by atoms with E-state index in [0.29, 0.717) is 41.4 Å². The number of carbonyl (C=O) groups excluding carboxylic acids is 1. The zero-order valence-corrected chi connectivity index (χ0v) is 28.4. The second-order valence-electron chi connectivity index (χ2n) is 13.6. The number of urea groups is 1. The van der Waals surface area contributed by atoms with Gasteiger partial charge in [-0.25, -0.2) is 19.4 Å². The first-order valence-corrected chi connectivity index (χ1v) is 16.6. The van der Waals surface area contributed by atoms with E-state index in [1.807, 2.05) is 66.9 Å². The fourth-order valence-electron chi connectivity index (χ4n) is 5.61. The highest BCUT2D eigenvalue weighted by Crippen LogP contribution is 2.39. The number of anilines is 4. The summed E-state index contributed by atoms with van der Waals surface area (Å²) in [6.07, 6.45) is 7.63. The Bertz CT molecular complexity index is 2160. The lowest BCUT2D eigenvalue weighted by Crippen LogP contribution is -2.21. The molecule has 0 unspecified atom stereocenters. The van der Waals surface area contributed by atoms with Crippen molar-refractivity contribution < 1.29 is 9.53 Å². The molecule has 49 heavy (non-hydrogen) atoms. The van der Waals surface area contributed by atoms with E-state index in [1.54, 1.807) is 17.1 Å². The molecule has 2 amide bonds. The maximum Gasteiger partial charge on any atom is 0.324 e. The van der Waals surface area contributed by atoms with Gasteiger partial charge in [-0.1, -0.05) is 51.1 Å². The van der Waals surface area contributed by atoms with Crippen LogP contribution < -0.4 is 20.7 Å². The highest BCUT2D eigenvalue weighted by molar-refractivity contribution is 6.07. The van der Waals surface area contributed by atoms with Crippen LogP contribution in [0.3, 0.4) is 0 Å². The summed E-state index contributed by atoms with van der Waals surface area (Å²) in [6, 6.07) is 23.2. The molecule has 6 aromatic rings. The summed E-state index contributed by atoms with van der Waals surface area (Å²) in [5, 5.41) is 16.0. The number of pyridine rings is 1. The summed E-state index contributed by atoms with van der Waals surface area (Å²) < 4.78 is 8.11. The van der Waals surface area contributed by atoms with Crippen LogP contribution in [0.2, 0.25) is 0 Å². The second-order valence-corrected chi connectivity index (χ2v) is 13.6. The van der Waals surface area contributed by atoms with E-state index in [1.165, 1.54) is 18.4 Å². The van der Waals surface area contributed by atoms with E-state index in [0.717, 1.165) is 39.0 Å². The number of nitrogens with one attached hydrogen (secondary N) is 3. The molecule has 0 radical (unpaired) electrons. The first-order chi connectivity index (χ1) is 23.6. The highest BCUT2D eigenvalue weighted by atomic mass is 16.5. The number of ether oxygens (including phenoxy) is 1. The van der Waals surface area contributed by atoms with E-state index in [2.05, 4.69) is 72.7 Å². The Labute approximate surface area is 286 Å². The standard InChI is InChI=1S/C39H40N8O2/c1-24-10-13-28(18-25(24)2)47-37(20-34(46-47)39(3,4)5)45-38(48)43-31-14-15-33(30-9-7-6-8-29(30)31)49-23-26-16-17-41-35(19-26)44-36-22-40-21-32(42-36)27-11-12-27/h6-10,13-22,27H,11-12,23H2,1-5H3,(H,41,42,44)(H2,43,45,48). The summed E-state index contributed by atoms with van der Waals surface area (Å²) in [6.45, 7) is 10.8. The maximum absolute atomic E-state index is 13.5. The molecule has 1 saturated carbocycles. The smallest absolute Gasteiger partial charge is 0.324 e. The molecule has 0 spiro atoms. The number of fused-ring (bicyclic) bond motifs is 1. The zero-order chi connectivity index (χ0) is 34.1. The summed E-state index contributed by atoms with van der Waals surface area (Å²) in [7, 11) is 0. The van der Waals surface area contributed by atoms with Crippen LogP contribution in [0.5, 0.6) is 5.75 Å². The normalized spacial score (nSPS) is 12.9. The summed E-state index contributed by atoms with van der Waals surface area (Å²) in [5.74, 6) is 3.17. The molecule has 248 valence electrons. The lowest BCUT2D eigenvalue weighted by molar-refractivity contribution is 0.262. The topological polar surface area (TPSA) is 119 Å². The second kappa shape index (κ2) is 13.0. The number of aromatic nitrogens is 5. The van der Waals surface area contributed by atoms with Crippen LogP contribution in [0.15, 0.2) is 91.4 Å². The quantitative estimate of drug-likeness (QED) is 0.143. The highest BCUT2D eigenvalue weighted by Gasteiger charge is 2.25. The van der Waals surface area contributed by atoms with E-state index < -0.39 is 0 Å². The molecule has 7 rings (SSSR count). The average molecular weight is 653 g/mol. The Kier molecular flexibility index (Phi) is 8.46. The number of nitrogens with zero attached hydrogens (tertiary/aromatic N) is 5. The molecule has 3 N–H and O–H groups in total. The van der Waals surface area contributed by atoms with Crippen molar-refractivity contribution in [3.63, 3.8) is 0 Å². The van der Waals surface area contributed by atoms with Crippen molar-refractivity contribution in [1.29, 1.82) is 0 Å². The van der Waals surface area contributed by atoms with Gasteiger partial charge in [-0.3, -0.25) is 10.3 Å². The predicted octanol–water partition coefficient (Wildman–Crippen LogP) is 8.97. The summed E-state index contributed by atoms with van der Waals surface area (Å²) in [4.78, 5) is 27.0. The van der Waals surface area contributed by atoms with Crippen LogP contribution in [-0.2, 0) is 12.0 Å². The van der Waals surface area contributed by atoms with Crippen molar-refractivity contribution in [2.45, 2.75) is 65.4 Å². The lowest BCUT2D eigenvalue weighted by atomic mass is 9.92. The van der Waals surface area contributed by atoms with Gasteiger partial charge in [0, 0.05) is 40.6 Å². The number of amides is 2. The van der Waals surface area contributed by atoms with Crippen LogP contribution in [0.1, 0.15) is 67.6 Å². The molecule has 3 aromatic carbocycles. The molecule has 0 aliphatic heterocycles. The first-order valence-electron chi connectivity index (χ1n) is 16.6. The number of aryl methyl sites for hydroxylation is 2. The average Bonchev–Trinajstić information content (AvgIpc) is 3.85. The Morgan fingerprint density at radius 3 is 2.49 bits per heavy atom. The van der Waals surface area contributed by atoms with Crippen molar-refractivity contribution in [3.8, 4) is 11.4 Å². The Hall–Kier alpha value is -5.77. The fourth-order valence-corrected chi connectivity index (χ4v) is 5.61. The van der Waals surface area contributed by atoms with Crippen LogP contribution >= 0.6 is 0 Å². The minimum absolute atomic E-state index is 0.200. The van der Waals surface area contributed by atoms with E-state index >= 15 is 0 Å². The number of carbonyl (C=O) groups is 1. The maximum atomic E-state index is 13.5. The predicted molar refractivity (Wildman–Crippen MR) is 194 cm³/mol. The minimum atomic E-state index is -0.367. The third-order valence-electron chi connectivity index (χ3n) is 8.71. The van der Waals surface area contributed by atoms with Crippen molar-refractivity contribution in [2.75, 3.05) is 16.0 Å². The zero-order valence-electron chi connectivity index (χ0n) is 28.4. The largest absolute Gasteiger partial charge is 0.488 e. The first kappa shape index (κ1) is 31.8. The van der Waals surface area contributed by atoms with Gasteiger partial charge in [-0.2, -0.15) is 5.10 Å². The van der Waals surface area contributed by atoms with Crippen LogP contribution in [0, 0.1) is 13.8 Å². The Morgan fingerprint density at radius 1 is 0.898 bits per heavy atom. The number of hydrogen-bond donors (Lipinski definition) is 3. The Balaban J connectivity index is 1.07. The summed E-state index contributed by atoms with van der Waals surface area (Å²) in [5.41, 5.74) is 6.54. The summed E-state index contributed by atoms with van der Waals surface area (Å²) >= 11 is 0. The van der Waals surface area contributed by atoms with E-state index in [4.69, 9.17) is 14.8 Å². The van der Waals surface area contributed by atoms with Gasteiger partial charge in [0.2, 0.25) is 0 Å².